The molecule has 0 saturated carbocycles. The Bertz CT molecular complexity index is 893. The maximum absolute atomic E-state index is 9.16. The van der Waals surface area contributed by atoms with Crippen LogP contribution in [0.3, 0.4) is 0 Å². The van der Waals surface area contributed by atoms with E-state index < -0.39 is 0 Å². The van der Waals surface area contributed by atoms with Gasteiger partial charge in [0.05, 0.1) is 28.9 Å². The van der Waals surface area contributed by atoms with Crippen molar-refractivity contribution in [2.45, 2.75) is 32.6 Å². The maximum atomic E-state index is 9.16. The van der Waals surface area contributed by atoms with Gasteiger partial charge in [-0.1, -0.05) is 56.6 Å². The van der Waals surface area contributed by atoms with Crippen LogP contribution < -0.4 is 0 Å². The van der Waals surface area contributed by atoms with Crippen LogP contribution in [0.1, 0.15) is 32.0 Å². The first-order chi connectivity index (χ1) is 10.9. The third-order valence-corrected chi connectivity index (χ3v) is 4.18. The molecule has 0 aliphatic carbocycles. The van der Waals surface area contributed by atoms with E-state index in [2.05, 4.69) is 56.1 Å². The van der Waals surface area contributed by atoms with E-state index in [1.54, 1.807) is 0 Å². The average Bonchev–Trinajstić information content (AvgIpc) is 2.85. The molecule has 0 aliphatic rings. The highest BCUT2D eigenvalue weighted by atomic mass is 35.5. The smallest absolute Gasteiger partial charge is 0.137 e. The van der Waals surface area contributed by atoms with Crippen LogP contribution in [0, 0.1) is 11.3 Å². The second-order valence-electron chi connectivity index (χ2n) is 6.64. The van der Waals surface area contributed by atoms with Gasteiger partial charge in [0.15, 0.2) is 0 Å². The van der Waals surface area contributed by atoms with Crippen molar-refractivity contribution in [3.8, 4) is 17.3 Å². The monoisotopic (exact) mass is 323 g/mol. The topological polar surface area (TPSA) is 41.1 Å². The van der Waals surface area contributed by atoms with Gasteiger partial charge >= 0.3 is 0 Å². The highest BCUT2D eigenvalue weighted by Gasteiger charge is 2.16. The number of pyridine rings is 1. The molecule has 0 atom stereocenters. The van der Waals surface area contributed by atoms with Crippen molar-refractivity contribution < 1.29 is 0 Å². The number of hydrogen-bond acceptors (Lipinski definition) is 2. The summed E-state index contributed by atoms with van der Waals surface area (Å²) in [6.45, 7) is 6.57. The van der Waals surface area contributed by atoms with E-state index in [-0.39, 0.29) is 11.8 Å². The summed E-state index contributed by atoms with van der Waals surface area (Å²) in [7, 11) is 0. The summed E-state index contributed by atoms with van der Waals surface area (Å²) >= 11 is 6.09. The lowest BCUT2D eigenvalue weighted by atomic mass is 9.86. The molecule has 116 valence electrons. The van der Waals surface area contributed by atoms with Crippen molar-refractivity contribution in [2.24, 2.45) is 0 Å². The summed E-state index contributed by atoms with van der Waals surface area (Å²) in [6.07, 6.45) is 2.10. The first kappa shape index (κ1) is 15.6. The standard InChI is InChI=1S/C19H18ClN3/c1-19(2,3)14-6-4-13(5-7-14)18-16(10-11-21)23-12-15(20)8-9-17(23)22-18/h4-9,12H,10H2,1-3H3. The van der Waals surface area contributed by atoms with Crippen LogP contribution in [0.2, 0.25) is 5.02 Å². The van der Waals surface area contributed by atoms with E-state index in [0.29, 0.717) is 5.02 Å². The molecule has 2 aromatic heterocycles. The molecule has 0 amide bonds. The molecule has 23 heavy (non-hydrogen) atoms. The molecule has 0 unspecified atom stereocenters. The number of imidazole rings is 1. The van der Waals surface area contributed by atoms with E-state index in [4.69, 9.17) is 16.9 Å². The number of benzene rings is 1. The lowest BCUT2D eigenvalue weighted by Crippen LogP contribution is -2.10. The van der Waals surface area contributed by atoms with Crippen molar-refractivity contribution in [1.82, 2.24) is 9.38 Å². The van der Waals surface area contributed by atoms with Crippen LogP contribution in [-0.2, 0) is 11.8 Å². The van der Waals surface area contributed by atoms with Crippen molar-refractivity contribution in [2.75, 3.05) is 0 Å². The number of hydrogen-bond donors (Lipinski definition) is 0. The van der Waals surface area contributed by atoms with Crippen LogP contribution in [0.25, 0.3) is 16.9 Å². The van der Waals surface area contributed by atoms with E-state index in [1.165, 1.54) is 5.56 Å². The Morgan fingerprint density at radius 2 is 1.83 bits per heavy atom. The number of nitrogens with zero attached hydrogens (tertiary/aromatic N) is 3. The molecular weight excluding hydrogens is 306 g/mol. The molecule has 3 nitrogen and oxygen atoms in total. The predicted molar refractivity (Wildman–Crippen MR) is 93.7 cm³/mol. The van der Waals surface area contributed by atoms with Crippen LogP contribution in [-0.4, -0.2) is 9.38 Å². The third kappa shape index (κ3) is 2.95. The number of aromatic nitrogens is 2. The molecule has 0 N–H and O–H groups in total. The van der Waals surface area contributed by atoms with E-state index in [0.717, 1.165) is 22.6 Å². The first-order valence-corrected chi connectivity index (χ1v) is 7.92. The maximum Gasteiger partial charge on any atom is 0.137 e. The summed E-state index contributed by atoms with van der Waals surface area (Å²) in [5.74, 6) is 0. The van der Waals surface area contributed by atoms with Gasteiger partial charge in [0.2, 0.25) is 0 Å². The van der Waals surface area contributed by atoms with Gasteiger partial charge in [-0.3, -0.25) is 0 Å². The van der Waals surface area contributed by atoms with Crippen LogP contribution >= 0.6 is 11.6 Å². The quantitative estimate of drug-likeness (QED) is 0.664. The van der Waals surface area contributed by atoms with Crippen LogP contribution in [0.4, 0.5) is 0 Å². The number of fused-ring (bicyclic) bond motifs is 1. The van der Waals surface area contributed by atoms with Gasteiger partial charge in [0, 0.05) is 11.8 Å². The minimum Gasteiger partial charge on any atom is -0.301 e. The second-order valence-corrected chi connectivity index (χ2v) is 7.08. The lowest BCUT2D eigenvalue weighted by Gasteiger charge is -2.19. The van der Waals surface area contributed by atoms with Gasteiger partial charge in [0.1, 0.15) is 5.65 Å². The summed E-state index contributed by atoms with van der Waals surface area (Å²) in [6, 6.07) is 14.3. The van der Waals surface area contributed by atoms with E-state index >= 15 is 0 Å². The molecule has 4 heteroatoms. The zero-order valence-corrected chi connectivity index (χ0v) is 14.2. The molecule has 0 radical (unpaired) electrons. The predicted octanol–water partition coefficient (Wildman–Crippen LogP) is 5.02. The first-order valence-electron chi connectivity index (χ1n) is 7.54. The van der Waals surface area contributed by atoms with E-state index in [9.17, 15) is 0 Å². The highest BCUT2D eigenvalue weighted by Crippen LogP contribution is 2.29. The second kappa shape index (κ2) is 5.72. The fourth-order valence-electron chi connectivity index (χ4n) is 2.67. The highest BCUT2D eigenvalue weighted by molar-refractivity contribution is 6.30. The Morgan fingerprint density at radius 3 is 2.43 bits per heavy atom. The average molecular weight is 324 g/mol. The Hall–Kier alpha value is -2.31. The van der Waals surface area contributed by atoms with Crippen molar-refractivity contribution in [1.29, 1.82) is 5.26 Å². The largest absolute Gasteiger partial charge is 0.301 e. The fourth-order valence-corrected chi connectivity index (χ4v) is 2.83. The Morgan fingerprint density at radius 1 is 1.13 bits per heavy atom. The molecule has 0 fully saturated rings. The Balaban J connectivity index is 2.16. The minimum absolute atomic E-state index is 0.112. The zero-order chi connectivity index (χ0) is 16.6. The normalized spacial score (nSPS) is 11.6. The van der Waals surface area contributed by atoms with Gasteiger partial charge in [-0.25, -0.2) is 4.98 Å². The summed E-state index contributed by atoms with van der Waals surface area (Å²) in [4.78, 5) is 4.69. The molecule has 0 spiro atoms. The fraction of sp³-hybridized carbons (Fsp3) is 0.263. The van der Waals surface area contributed by atoms with Gasteiger partial charge in [-0.05, 0) is 23.1 Å². The van der Waals surface area contributed by atoms with Gasteiger partial charge in [-0.2, -0.15) is 5.26 Å². The van der Waals surface area contributed by atoms with Crippen molar-refractivity contribution in [3.63, 3.8) is 0 Å². The summed E-state index contributed by atoms with van der Waals surface area (Å²) < 4.78 is 1.90. The van der Waals surface area contributed by atoms with E-state index in [1.807, 2.05) is 22.7 Å². The summed E-state index contributed by atoms with van der Waals surface area (Å²) in [5, 5.41) is 9.79. The molecule has 0 aliphatic heterocycles. The third-order valence-electron chi connectivity index (χ3n) is 3.95. The molecule has 3 rings (SSSR count). The molecular formula is C19H18ClN3. The molecule has 3 aromatic rings. The molecule has 2 heterocycles. The van der Waals surface area contributed by atoms with Crippen molar-refractivity contribution in [3.05, 3.63) is 58.9 Å². The lowest BCUT2D eigenvalue weighted by molar-refractivity contribution is 0.590. The Labute approximate surface area is 141 Å². The van der Waals surface area contributed by atoms with Crippen LogP contribution in [0.15, 0.2) is 42.6 Å². The molecule has 0 saturated heterocycles. The van der Waals surface area contributed by atoms with Gasteiger partial charge in [-0.15, -0.1) is 0 Å². The number of rotatable bonds is 2. The number of nitriles is 1. The Kier molecular flexibility index (Phi) is 3.87. The molecule has 1 aromatic carbocycles. The van der Waals surface area contributed by atoms with Gasteiger partial charge in [0.25, 0.3) is 0 Å². The molecule has 0 bridgehead atoms. The van der Waals surface area contributed by atoms with Gasteiger partial charge < -0.3 is 4.40 Å². The van der Waals surface area contributed by atoms with Crippen molar-refractivity contribution >= 4 is 17.2 Å². The minimum atomic E-state index is 0.112. The van der Waals surface area contributed by atoms with Crippen LogP contribution in [0.5, 0.6) is 0 Å². The SMILES string of the molecule is CC(C)(C)c1ccc(-c2nc3ccc(Cl)cn3c2CC#N)cc1. The number of halogens is 1. The summed E-state index contributed by atoms with van der Waals surface area (Å²) in [5.41, 5.74) is 4.91. The zero-order valence-electron chi connectivity index (χ0n) is 13.5.